The molecule has 2 aliphatic rings. The molecule has 0 saturated carbocycles. The van der Waals surface area contributed by atoms with Crippen LogP contribution in [-0.4, -0.2) is 39.9 Å². The number of carbonyl (C=O) groups excluding carboxylic acids is 2. The Balaban J connectivity index is 1.58. The first-order valence-electron chi connectivity index (χ1n) is 8.91. The Morgan fingerprint density at radius 3 is 2.64 bits per heavy atom. The Kier molecular flexibility index (Phi) is 5.11. The highest BCUT2D eigenvalue weighted by molar-refractivity contribution is 8.01. The normalized spacial score (nSPS) is 26.8. The summed E-state index contributed by atoms with van der Waals surface area (Å²) in [6.45, 7) is 6.74. The van der Waals surface area contributed by atoms with Crippen molar-refractivity contribution in [3.05, 3.63) is 35.4 Å². The predicted molar refractivity (Wildman–Crippen MR) is 101 cm³/mol. The minimum absolute atomic E-state index is 0.0845. The van der Waals surface area contributed by atoms with Crippen LogP contribution in [0.5, 0.6) is 0 Å². The summed E-state index contributed by atoms with van der Waals surface area (Å²) in [7, 11) is 0. The van der Waals surface area contributed by atoms with Gasteiger partial charge >= 0.3 is 0 Å². The molecule has 3 atom stereocenters. The highest BCUT2D eigenvalue weighted by Crippen LogP contribution is 2.47. The van der Waals surface area contributed by atoms with Crippen LogP contribution in [0.25, 0.3) is 0 Å². The van der Waals surface area contributed by atoms with Crippen LogP contribution in [0.15, 0.2) is 24.3 Å². The zero-order chi connectivity index (χ0) is 18.2. The lowest BCUT2D eigenvalue weighted by Gasteiger charge is -2.30. The van der Waals surface area contributed by atoms with Crippen molar-refractivity contribution >= 4 is 23.6 Å². The van der Waals surface area contributed by atoms with Crippen LogP contribution < -0.4 is 11.1 Å². The number of carbonyl (C=O) groups is 2. The first kappa shape index (κ1) is 18.3. The first-order chi connectivity index (χ1) is 11.8. The van der Waals surface area contributed by atoms with E-state index in [1.165, 1.54) is 5.56 Å². The number of nitrogens with two attached hydrogens (primary N) is 1. The summed E-state index contributed by atoms with van der Waals surface area (Å²) in [5.41, 5.74) is 8.51. The second-order valence-corrected chi connectivity index (χ2v) is 8.94. The van der Waals surface area contributed by atoms with E-state index in [9.17, 15) is 9.59 Å². The molecule has 25 heavy (non-hydrogen) atoms. The first-order valence-corrected chi connectivity index (χ1v) is 9.89. The Morgan fingerprint density at radius 2 is 2.00 bits per heavy atom. The van der Waals surface area contributed by atoms with Crippen molar-refractivity contribution < 1.29 is 9.59 Å². The fraction of sp³-hybridized carbons (Fsp3) is 0.579. The van der Waals surface area contributed by atoms with E-state index in [-0.39, 0.29) is 28.8 Å². The molecule has 3 N–H and O–H groups in total. The van der Waals surface area contributed by atoms with Gasteiger partial charge in [-0.2, -0.15) is 0 Å². The third-order valence-corrected chi connectivity index (χ3v) is 6.78. The third-order valence-electron chi connectivity index (χ3n) is 5.27. The number of fused-ring (bicyclic) bond motifs is 1. The van der Waals surface area contributed by atoms with Crippen molar-refractivity contribution in [1.29, 1.82) is 0 Å². The van der Waals surface area contributed by atoms with Crippen molar-refractivity contribution in [2.24, 2.45) is 5.73 Å². The molecule has 2 fully saturated rings. The molecule has 2 amide bonds. The van der Waals surface area contributed by atoms with E-state index in [1.807, 2.05) is 12.1 Å². The summed E-state index contributed by atoms with van der Waals surface area (Å²) in [6, 6.07) is 7.60. The van der Waals surface area contributed by atoms with Crippen LogP contribution in [0.4, 0.5) is 0 Å². The maximum Gasteiger partial charge on any atom is 0.243 e. The second-order valence-electron chi connectivity index (χ2n) is 7.44. The number of nitrogens with one attached hydrogen (secondary N) is 1. The average Bonchev–Trinajstić information content (AvgIpc) is 3.09. The van der Waals surface area contributed by atoms with E-state index in [4.69, 9.17) is 5.73 Å². The lowest BCUT2D eigenvalue weighted by Crippen LogP contribution is -2.50. The highest BCUT2D eigenvalue weighted by atomic mass is 32.2. The molecule has 1 aromatic carbocycles. The quantitative estimate of drug-likeness (QED) is 0.844. The molecule has 3 rings (SSSR count). The standard InChI is InChI=1S/C19H27N3O2S/c1-12(2)13-4-6-14(7-5-13)15(20)10-21-18(24)16-11-25-19(3)9-8-17(23)22(16)19/h4-7,12,15-16H,8-11,20H2,1-3H3,(H,21,24). The maximum absolute atomic E-state index is 12.6. The van der Waals surface area contributed by atoms with Gasteiger partial charge in [-0.1, -0.05) is 38.1 Å². The van der Waals surface area contributed by atoms with Crippen molar-refractivity contribution in [2.75, 3.05) is 12.3 Å². The summed E-state index contributed by atoms with van der Waals surface area (Å²) in [5.74, 6) is 1.13. The Morgan fingerprint density at radius 1 is 1.36 bits per heavy atom. The van der Waals surface area contributed by atoms with Crippen LogP contribution in [0.2, 0.25) is 0 Å². The van der Waals surface area contributed by atoms with Gasteiger partial charge in [0, 0.05) is 24.8 Å². The maximum atomic E-state index is 12.6. The minimum atomic E-state index is -0.375. The SMILES string of the molecule is CC(C)c1ccc(C(N)CNC(=O)C2CSC3(C)CCC(=O)N23)cc1. The zero-order valence-electron chi connectivity index (χ0n) is 15.1. The average molecular weight is 362 g/mol. The van der Waals surface area contributed by atoms with Crippen molar-refractivity contribution in [2.45, 2.75) is 56.5 Å². The van der Waals surface area contributed by atoms with Gasteiger partial charge in [0.05, 0.1) is 4.87 Å². The fourth-order valence-electron chi connectivity index (χ4n) is 3.59. The van der Waals surface area contributed by atoms with E-state index in [1.54, 1.807) is 16.7 Å². The number of hydrogen-bond acceptors (Lipinski definition) is 4. The molecular weight excluding hydrogens is 334 g/mol. The molecule has 1 aromatic rings. The van der Waals surface area contributed by atoms with E-state index >= 15 is 0 Å². The number of amides is 2. The topological polar surface area (TPSA) is 75.4 Å². The summed E-state index contributed by atoms with van der Waals surface area (Å²) >= 11 is 1.70. The second kappa shape index (κ2) is 7.00. The molecule has 6 heteroatoms. The molecule has 2 saturated heterocycles. The Labute approximate surface area is 153 Å². The molecule has 0 aliphatic carbocycles. The van der Waals surface area contributed by atoms with Gasteiger partial charge in [0.15, 0.2) is 0 Å². The summed E-state index contributed by atoms with van der Waals surface area (Å²) < 4.78 is 0. The van der Waals surface area contributed by atoms with Gasteiger partial charge in [-0.3, -0.25) is 9.59 Å². The molecule has 0 bridgehead atoms. The van der Waals surface area contributed by atoms with Crippen LogP contribution in [-0.2, 0) is 9.59 Å². The van der Waals surface area contributed by atoms with E-state index in [0.717, 1.165) is 12.0 Å². The largest absolute Gasteiger partial charge is 0.352 e. The molecule has 5 nitrogen and oxygen atoms in total. The molecular formula is C19H27N3O2S. The summed E-state index contributed by atoms with van der Waals surface area (Å²) in [6.07, 6.45) is 1.36. The van der Waals surface area contributed by atoms with Crippen LogP contribution >= 0.6 is 11.8 Å². The van der Waals surface area contributed by atoms with Gasteiger partial charge < -0.3 is 16.0 Å². The highest BCUT2D eigenvalue weighted by Gasteiger charge is 2.52. The number of rotatable bonds is 5. The lowest BCUT2D eigenvalue weighted by molar-refractivity contribution is -0.137. The number of nitrogens with zero attached hydrogens (tertiary/aromatic N) is 1. The van der Waals surface area contributed by atoms with E-state index < -0.39 is 0 Å². The molecule has 0 spiro atoms. The van der Waals surface area contributed by atoms with Crippen LogP contribution in [0, 0.1) is 0 Å². The summed E-state index contributed by atoms with van der Waals surface area (Å²) in [4.78, 5) is 26.3. The van der Waals surface area contributed by atoms with Crippen molar-refractivity contribution in [3.63, 3.8) is 0 Å². The number of benzene rings is 1. The van der Waals surface area contributed by atoms with E-state index in [2.05, 4.69) is 38.2 Å². The summed E-state index contributed by atoms with van der Waals surface area (Å²) in [5, 5.41) is 2.94. The fourth-order valence-corrected chi connectivity index (χ4v) is 5.02. The third kappa shape index (κ3) is 3.55. The molecule has 2 aliphatic heterocycles. The van der Waals surface area contributed by atoms with Gasteiger partial charge in [-0.25, -0.2) is 0 Å². The van der Waals surface area contributed by atoms with Gasteiger partial charge in [0.2, 0.25) is 11.8 Å². The van der Waals surface area contributed by atoms with Crippen LogP contribution in [0.1, 0.15) is 56.7 Å². The zero-order valence-corrected chi connectivity index (χ0v) is 15.9. The number of thioether (sulfide) groups is 1. The van der Waals surface area contributed by atoms with Gasteiger partial charge in [0.25, 0.3) is 0 Å². The van der Waals surface area contributed by atoms with Crippen LogP contribution in [0.3, 0.4) is 0 Å². The Hall–Kier alpha value is -1.53. The monoisotopic (exact) mass is 361 g/mol. The molecule has 0 aromatic heterocycles. The minimum Gasteiger partial charge on any atom is -0.352 e. The Bertz CT molecular complexity index is 661. The van der Waals surface area contributed by atoms with Crippen molar-refractivity contribution in [1.82, 2.24) is 10.2 Å². The molecule has 136 valence electrons. The van der Waals surface area contributed by atoms with Gasteiger partial charge in [-0.15, -0.1) is 11.8 Å². The van der Waals surface area contributed by atoms with Gasteiger partial charge in [-0.05, 0) is 30.4 Å². The van der Waals surface area contributed by atoms with E-state index in [0.29, 0.717) is 24.6 Å². The molecule has 3 unspecified atom stereocenters. The lowest BCUT2D eigenvalue weighted by atomic mass is 9.99. The van der Waals surface area contributed by atoms with Crippen molar-refractivity contribution in [3.8, 4) is 0 Å². The molecule has 0 radical (unpaired) electrons. The molecule has 2 heterocycles. The smallest absolute Gasteiger partial charge is 0.243 e. The number of hydrogen-bond donors (Lipinski definition) is 2. The van der Waals surface area contributed by atoms with Gasteiger partial charge in [0.1, 0.15) is 6.04 Å². The predicted octanol–water partition coefficient (Wildman–Crippen LogP) is 2.38.